The highest BCUT2D eigenvalue weighted by Gasteiger charge is 2.11. The fraction of sp³-hybridized carbons (Fsp3) is 0.333. The van der Waals surface area contributed by atoms with Gasteiger partial charge in [0.1, 0.15) is 11.6 Å². The topological polar surface area (TPSA) is 61.0 Å². The summed E-state index contributed by atoms with van der Waals surface area (Å²) in [6.07, 6.45) is 0. The Kier molecular flexibility index (Phi) is 4.31. The van der Waals surface area contributed by atoms with Crippen LogP contribution in [0.1, 0.15) is 31.2 Å². The first-order valence-corrected chi connectivity index (χ1v) is 7.16. The average molecular weight is 328 g/mol. The highest BCUT2D eigenvalue weighted by Crippen LogP contribution is 2.29. The number of benzene rings is 1. The van der Waals surface area contributed by atoms with Crippen molar-refractivity contribution in [1.29, 1.82) is 0 Å². The lowest BCUT2D eigenvalue weighted by molar-refractivity contribution is 0.470. The molecule has 6 heteroatoms. The predicted molar refractivity (Wildman–Crippen MR) is 76.1 cm³/mol. The highest BCUT2D eigenvalue weighted by atomic mass is 79.9. The van der Waals surface area contributed by atoms with Crippen molar-refractivity contribution in [3.8, 4) is 10.9 Å². The van der Waals surface area contributed by atoms with Gasteiger partial charge in [0, 0.05) is 34.0 Å². The summed E-state index contributed by atoms with van der Waals surface area (Å²) in [5.41, 5.74) is 6.63. The number of nitrogens with two attached hydrogens (primary N) is 1. The van der Waals surface area contributed by atoms with Crippen LogP contribution in [-0.4, -0.2) is 9.36 Å². The molecule has 1 aromatic carbocycles. The maximum atomic E-state index is 5.73. The average Bonchev–Trinajstić information content (AvgIpc) is 2.80. The smallest absolute Gasteiger partial charge is 0.298 e. The van der Waals surface area contributed by atoms with Crippen LogP contribution in [0, 0.1) is 0 Å². The van der Waals surface area contributed by atoms with Crippen LogP contribution in [0.15, 0.2) is 22.7 Å². The predicted octanol–water partition coefficient (Wildman–Crippen LogP) is 3.68. The Morgan fingerprint density at radius 1 is 1.44 bits per heavy atom. The standard InChI is InChI=1S/C12H14BrN3OS/c1-7(2)11-15-12(18-16-11)17-10-4-3-9(13)5-8(10)6-14/h3-5,7H,6,14H2,1-2H3. The van der Waals surface area contributed by atoms with Gasteiger partial charge in [0.05, 0.1) is 0 Å². The second kappa shape index (κ2) is 5.77. The van der Waals surface area contributed by atoms with Crippen molar-refractivity contribution in [3.05, 3.63) is 34.1 Å². The van der Waals surface area contributed by atoms with Crippen molar-refractivity contribution in [2.45, 2.75) is 26.3 Å². The lowest BCUT2D eigenvalue weighted by Crippen LogP contribution is -1.99. The van der Waals surface area contributed by atoms with E-state index in [9.17, 15) is 0 Å². The fourth-order valence-electron chi connectivity index (χ4n) is 1.40. The Hall–Kier alpha value is -0.980. The summed E-state index contributed by atoms with van der Waals surface area (Å²) in [7, 11) is 0. The first-order chi connectivity index (χ1) is 8.60. The number of nitrogens with zero attached hydrogens (tertiary/aromatic N) is 2. The van der Waals surface area contributed by atoms with Gasteiger partial charge in [-0.05, 0) is 18.2 Å². The number of ether oxygens (including phenoxy) is 1. The Bertz CT molecular complexity index is 542. The molecule has 0 fully saturated rings. The summed E-state index contributed by atoms with van der Waals surface area (Å²) in [6.45, 7) is 4.53. The fourth-order valence-corrected chi connectivity index (χ4v) is 2.49. The molecule has 0 spiro atoms. The molecule has 18 heavy (non-hydrogen) atoms. The van der Waals surface area contributed by atoms with Crippen LogP contribution in [0.4, 0.5) is 0 Å². The zero-order chi connectivity index (χ0) is 13.1. The van der Waals surface area contributed by atoms with E-state index in [2.05, 4.69) is 39.1 Å². The molecule has 0 radical (unpaired) electrons. The van der Waals surface area contributed by atoms with E-state index in [-0.39, 0.29) is 0 Å². The Balaban J connectivity index is 2.22. The molecule has 1 heterocycles. The van der Waals surface area contributed by atoms with Gasteiger partial charge in [-0.1, -0.05) is 29.8 Å². The molecule has 0 amide bonds. The van der Waals surface area contributed by atoms with Crippen LogP contribution in [-0.2, 0) is 6.54 Å². The van der Waals surface area contributed by atoms with E-state index in [1.807, 2.05) is 18.2 Å². The summed E-state index contributed by atoms with van der Waals surface area (Å²) < 4.78 is 11.0. The lowest BCUT2D eigenvalue weighted by atomic mass is 10.2. The summed E-state index contributed by atoms with van der Waals surface area (Å²) in [6, 6.07) is 5.74. The molecule has 4 nitrogen and oxygen atoms in total. The van der Waals surface area contributed by atoms with Gasteiger partial charge in [-0.3, -0.25) is 0 Å². The van der Waals surface area contributed by atoms with Gasteiger partial charge in [0.25, 0.3) is 5.19 Å². The molecule has 0 saturated heterocycles. The van der Waals surface area contributed by atoms with Gasteiger partial charge >= 0.3 is 0 Å². The van der Waals surface area contributed by atoms with E-state index in [1.165, 1.54) is 11.5 Å². The number of hydrogen-bond donors (Lipinski definition) is 1. The van der Waals surface area contributed by atoms with E-state index in [0.29, 0.717) is 17.7 Å². The summed E-state index contributed by atoms with van der Waals surface area (Å²) in [5, 5.41) is 0.552. The van der Waals surface area contributed by atoms with Crippen molar-refractivity contribution < 1.29 is 4.74 Å². The lowest BCUT2D eigenvalue weighted by Gasteiger charge is -2.07. The van der Waals surface area contributed by atoms with Crippen molar-refractivity contribution >= 4 is 27.5 Å². The number of halogens is 1. The van der Waals surface area contributed by atoms with Crippen molar-refractivity contribution in [3.63, 3.8) is 0 Å². The Morgan fingerprint density at radius 2 is 2.22 bits per heavy atom. The molecule has 0 aliphatic carbocycles. The quantitative estimate of drug-likeness (QED) is 0.930. The first kappa shape index (κ1) is 13.5. The van der Waals surface area contributed by atoms with Gasteiger partial charge in [-0.15, -0.1) is 0 Å². The van der Waals surface area contributed by atoms with Gasteiger partial charge in [-0.2, -0.15) is 9.36 Å². The highest BCUT2D eigenvalue weighted by molar-refractivity contribution is 9.10. The second-order valence-electron chi connectivity index (χ2n) is 4.13. The van der Waals surface area contributed by atoms with Crippen LogP contribution in [0.5, 0.6) is 10.9 Å². The van der Waals surface area contributed by atoms with Crippen molar-refractivity contribution in [2.75, 3.05) is 0 Å². The first-order valence-electron chi connectivity index (χ1n) is 5.60. The van der Waals surface area contributed by atoms with Crippen LogP contribution in [0.25, 0.3) is 0 Å². The number of aromatic nitrogens is 2. The van der Waals surface area contributed by atoms with Crippen LogP contribution >= 0.6 is 27.5 Å². The molecular weight excluding hydrogens is 314 g/mol. The third kappa shape index (κ3) is 3.07. The molecule has 0 unspecified atom stereocenters. The zero-order valence-corrected chi connectivity index (χ0v) is 12.6. The molecule has 0 bridgehead atoms. The largest absolute Gasteiger partial charge is 0.430 e. The van der Waals surface area contributed by atoms with Crippen molar-refractivity contribution in [2.24, 2.45) is 5.73 Å². The van der Waals surface area contributed by atoms with Crippen LogP contribution in [0.2, 0.25) is 0 Å². The third-order valence-corrected chi connectivity index (χ3v) is 3.48. The summed E-state index contributed by atoms with van der Waals surface area (Å²) in [4.78, 5) is 4.34. The molecule has 96 valence electrons. The summed E-state index contributed by atoms with van der Waals surface area (Å²) >= 11 is 4.67. The van der Waals surface area contributed by atoms with Crippen LogP contribution in [0.3, 0.4) is 0 Å². The minimum atomic E-state index is 0.303. The molecule has 2 rings (SSSR count). The van der Waals surface area contributed by atoms with E-state index in [0.717, 1.165) is 21.6 Å². The van der Waals surface area contributed by atoms with Crippen LogP contribution < -0.4 is 10.5 Å². The number of hydrogen-bond acceptors (Lipinski definition) is 5. The van der Waals surface area contributed by atoms with E-state index in [4.69, 9.17) is 10.5 Å². The van der Waals surface area contributed by atoms with Gasteiger partial charge in [0.2, 0.25) is 0 Å². The molecule has 1 aromatic heterocycles. The van der Waals surface area contributed by atoms with Gasteiger partial charge in [0.15, 0.2) is 0 Å². The molecule has 0 atom stereocenters. The summed E-state index contributed by atoms with van der Waals surface area (Å²) in [5.74, 6) is 1.84. The Morgan fingerprint density at radius 3 is 2.83 bits per heavy atom. The van der Waals surface area contributed by atoms with Gasteiger partial charge in [-0.25, -0.2) is 0 Å². The number of rotatable bonds is 4. The monoisotopic (exact) mass is 327 g/mol. The zero-order valence-electron chi connectivity index (χ0n) is 10.2. The SMILES string of the molecule is CC(C)c1nsc(Oc2ccc(Br)cc2CN)n1. The van der Waals surface area contributed by atoms with Crippen molar-refractivity contribution in [1.82, 2.24) is 9.36 Å². The van der Waals surface area contributed by atoms with E-state index < -0.39 is 0 Å². The second-order valence-corrected chi connectivity index (χ2v) is 5.76. The molecule has 0 aliphatic heterocycles. The minimum absolute atomic E-state index is 0.303. The van der Waals surface area contributed by atoms with E-state index >= 15 is 0 Å². The molecule has 2 aromatic rings. The molecular formula is C12H14BrN3OS. The molecule has 2 N–H and O–H groups in total. The molecule has 0 saturated carbocycles. The molecule has 0 aliphatic rings. The normalized spacial score (nSPS) is 10.9. The Labute approximate surface area is 118 Å². The van der Waals surface area contributed by atoms with Gasteiger partial charge < -0.3 is 10.5 Å². The minimum Gasteiger partial charge on any atom is -0.430 e. The maximum absolute atomic E-state index is 5.73. The van der Waals surface area contributed by atoms with E-state index in [1.54, 1.807) is 0 Å². The third-order valence-electron chi connectivity index (χ3n) is 2.38. The maximum Gasteiger partial charge on any atom is 0.298 e.